The van der Waals surface area contributed by atoms with Crippen LogP contribution < -0.4 is 5.32 Å². The summed E-state index contributed by atoms with van der Waals surface area (Å²) in [4.78, 5) is 3.99. The van der Waals surface area contributed by atoms with Crippen LogP contribution in [0.4, 0.5) is 4.39 Å². The van der Waals surface area contributed by atoms with Crippen LogP contribution in [0.3, 0.4) is 0 Å². The molecule has 0 aliphatic rings. The Morgan fingerprint density at radius 2 is 2.38 bits per heavy atom. The minimum absolute atomic E-state index is 0.216. The van der Waals surface area contributed by atoms with Crippen molar-refractivity contribution < 1.29 is 4.39 Å². The van der Waals surface area contributed by atoms with Gasteiger partial charge in [-0.15, -0.1) is 0 Å². The summed E-state index contributed by atoms with van der Waals surface area (Å²) in [7, 11) is 0. The maximum Gasteiger partial charge on any atom is 0.144 e. The van der Waals surface area contributed by atoms with Crippen molar-refractivity contribution >= 4 is 0 Å². The third-order valence-corrected chi connectivity index (χ3v) is 1.89. The van der Waals surface area contributed by atoms with Crippen LogP contribution in [0.2, 0.25) is 0 Å². The Morgan fingerprint density at radius 1 is 1.62 bits per heavy atom. The number of hydrogen-bond acceptors (Lipinski definition) is 2. The van der Waals surface area contributed by atoms with Gasteiger partial charge >= 0.3 is 0 Å². The average Bonchev–Trinajstić information content (AvgIpc) is 2.09. The molecule has 0 saturated heterocycles. The first-order valence-electron chi connectivity index (χ1n) is 4.56. The Hall–Kier alpha value is -0.960. The molecule has 1 heterocycles. The van der Waals surface area contributed by atoms with E-state index in [2.05, 4.69) is 10.3 Å². The van der Waals surface area contributed by atoms with Gasteiger partial charge in [0.2, 0.25) is 0 Å². The van der Waals surface area contributed by atoms with Crippen molar-refractivity contribution in [2.45, 2.75) is 26.3 Å². The maximum atomic E-state index is 13.1. The van der Waals surface area contributed by atoms with E-state index in [1.54, 1.807) is 12.3 Å². The van der Waals surface area contributed by atoms with Gasteiger partial charge in [0.05, 0.1) is 5.69 Å². The van der Waals surface area contributed by atoms with Crippen LogP contribution >= 0.6 is 0 Å². The van der Waals surface area contributed by atoms with Crippen molar-refractivity contribution in [2.24, 2.45) is 0 Å². The lowest BCUT2D eigenvalue weighted by molar-refractivity contribution is 0.530. The molecule has 1 N–H and O–H groups in total. The van der Waals surface area contributed by atoms with E-state index in [1.165, 1.54) is 6.07 Å². The van der Waals surface area contributed by atoms with E-state index in [0.717, 1.165) is 6.54 Å². The van der Waals surface area contributed by atoms with Gasteiger partial charge in [-0.1, -0.05) is 6.92 Å². The summed E-state index contributed by atoms with van der Waals surface area (Å²) < 4.78 is 13.1. The lowest BCUT2D eigenvalue weighted by Gasteiger charge is -2.11. The van der Waals surface area contributed by atoms with Crippen LogP contribution in [-0.4, -0.2) is 17.6 Å². The molecule has 3 heteroatoms. The van der Waals surface area contributed by atoms with Gasteiger partial charge < -0.3 is 5.32 Å². The zero-order valence-electron chi connectivity index (χ0n) is 8.05. The summed E-state index contributed by atoms with van der Waals surface area (Å²) in [6.45, 7) is 4.96. The number of rotatable bonds is 4. The van der Waals surface area contributed by atoms with Crippen LogP contribution in [0.5, 0.6) is 0 Å². The number of likely N-dealkylation sites (N-methyl/N-ethyl adjacent to an activating group) is 1. The first-order chi connectivity index (χ1) is 6.24. The highest BCUT2D eigenvalue weighted by molar-refractivity contribution is 5.08. The Balaban J connectivity index is 2.58. The third kappa shape index (κ3) is 3.11. The standard InChI is InChI=1S/C10H15FN2/c1-3-12-8(2)7-10-9(11)5-4-6-13-10/h4-6,8,12H,3,7H2,1-2H3. The number of nitrogens with zero attached hydrogens (tertiary/aromatic N) is 1. The average molecular weight is 182 g/mol. The molecule has 0 saturated carbocycles. The van der Waals surface area contributed by atoms with Gasteiger partial charge in [0, 0.05) is 18.7 Å². The van der Waals surface area contributed by atoms with Crippen molar-refractivity contribution in [3.05, 3.63) is 29.8 Å². The number of nitrogens with one attached hydrogen (secondary N) is 1. The second kappa shape index (κ2) is 4.92. The number of aromatic nitrogens is 1. The Labute approximate surface area is 78.2 Å². The minimum Gasteiger partial charge on any atom is -0.314 e. The highest BCUT2D eigenvalue weighted by Gasteiger charge is 2.06. The van der Waals surface area contributed by atoms with Crippen molar-refractivity contribution in [3.8, 4) is 0 Å². The van der Waals surface area contributed by atoms with Gasteiger partial charge in [-0.2, -0.15) is 0 Å². The number of pyridine rings is 1. The molecule has 1 aromatic heterocycles. The minimum atomic E-state index is -0.216. The Bertz CT molecular complexity index is 263. The molecule has 13 heavy (non-hydrogen) atoms. The van der Waals surface area contributed by atoms with Crippen molar-refractivity contribution in [2.75, 3.05) is 6.54 Å². The first-order valence-corrected chi connectivity index (χ1v) is 4.56. The smallest absolute Gasteiger partial charge is 0.144 e. The number of hydrogen-bond donors (Lipinski definition) is 1. The van der Waals surface area contributed by atoms with E-state index in [-0.39, 0.29) is 11.9 Å². The van der Waals surface area contributed by atoms with Crippen molar-refractivity contribution in [3.63, 3.8) is 0 Å². The van der Waals surface area contributed by atoms with E-state index >= 15 is 0 Å². The molecule has 1 aromatic rings. The molecule has 0 aliphatic carbocycles. The highest BCUT2D eigenvalue weighted by atomic mass is 19.1. The van der Waals surface area contributed by atoms with Crippen LogP contribution in [0.15, 0.2) is 18.3 Å². The van der Waals surface area contributed by atoms with Crippen LogP contribution in [0, 0.1) is 5.82 Å². The molecule has 1 rings (SSSR count). The van der Waals surface area contributed by atoms with Gasteiger partial charge in [-0.3, -0.25) is 4.98 Å². The molecule has 0 radical (unpaired) electrons. The van der Waals surface area contributed by atoms with E-state index in [9.17, 15) is 4.39 Å². The van der Waals surface area contributed by atoms with E-state index < -0.39 is 0 Å². The first kappa shape index (κ1) is 10.1. The van der Waals surface area contributed by atoms with Gasteiger partial charge in [-0.05, 0) is 25.6 Å². The largest absolute Gasteiger partial charge is 0.314 e. The summed E-state index contributed by atoms with van der Waals surface area (Å²) in [5, 5.41) is 3.21. The summed E-state index contributed by atoms with van der Waals surface area (Å²) in [5.74, 6) is -0.216. The van der Waals surface area contributed by atoms with Crippen molar-refractivity contribution in [1.82, 2.24) is 10.3 Å². The molecule has 0 spiro atoms. The molecule has 72 valence electrons. The molecule has 1 atom stereocenters. The van der Waals surface area contributed by atoms with Crippen LogP contribution in [-0.2, 0) is 6.42 Å². The van der Waals surface area contributed by atoms with E-state index in [0.29, 0.717) is 12.1 Å². The highest BCUT2D eigenvalue weighted by Crippen LogP contribution is 2.05. The van der Waals surface area contributed by atoms with E-state index in [1.807, 2.05) is 13.8 Å². The molecule has 0 bridgehead atoms. The summed E-state index contributed by atoms with van der Waals surface area (Å²) >= 11 is 0. The van der Waals surface area contributed by atoms with Crippen molar-refractivity contribution in [1.29, 1.82) is 0 Å². The molecule has 0 amide bonds. The molecule has 0 fully saturated rings. The predicted molar refractivity (Wildman–Crippen MR) is 51.0 cm³/mol. The second-order valence-corrected chi connectivity index (χ2v) is 3.09. The zero-order chi connectivity index (χ0) is 9.68. The lowest BCUT2D eigenvalue weighted by atomic mass is 10.1. The Morgan fingerprint density at radius 3 is 3.00 bits per heavy atom. The van der Waals surface area contributed by atoms with Gasteiger partial charge in [0.15, 0.2) is 0 Å². The fourth-order valence-corrected chi connectivity index (χ4v) is 1.28. The fraction of sp³-hybridized carbons (Fsp3) is 0.500. The second-order valence-electron chi connectivity index (χ2n) is 3.09. The van der Waals surface area contributed by atoms with Gasteiger partial charge in [-0.25, -0.2) is 4.39 Å². The number of halogens is 1. The molecule has 1 unspecified atom stereocenters. The fourth-order valence-electron chi connectivity index (χ4n) is 1.28. The van der Waals surface area contributed by atoms with Gasteiger partial charge in [0.25, 0.3) is 0 Å². The maximum absolute atomic E-state index is 13.1. The van der Waals surface area contributed by atoms with E-state index in [4.69, 9.17) is 0 Å². The predicted octanol–water partition coefficient (Wildman–Crippen LogP) is 1.76. The zero-order valence-corrected chi connectivity index (χ0v) is 8.05. The molecule has 2 nitrogen and oxygen atoms in total. The summed E-state index contributed by atoms with van der Waals surface area (Å²) in [6.07, 6.45) is 2.26. The molecule has 0 aromatic carbocycles. The topological polar surface area (TPSA) is 24.9 Å². The lowest BCUT2D eigenvalue weighted by Crippen LogP contribution is -2.28. The quantitative estimate of drug-likeness (QED) is 0.767. The summed E-state index contributed by atoms with van der Waals surface area (Å²) in [5.41, 5.74) is 0.538. The molecule has 0 aliphatic heterocycles. The van der Waals surface area contributed by atoms with Crippen LogP contribution in [0.25, 0.3) is 0 Å². The molecular weight excluding hydrogens is 167 g/mol. The summed E-state index contributed by atoms with van der Waals surface area (Å²) in [6, 6.07) is 3.33. The van der Waals surface area contributed by atoms with Crippen LogP contribution in [0.1, 0.15) is 19.5 Å². The molecular formula is C10H15FN2. The SMILES string of the molecule is CCNC(C)Cc1ncccc1F. The van der Waals surface area contributed by atoms with Gasteiger partial charge in [0.1, 0.15) is 5.82 Å². The third-order valence-electron chi connectivity index (χ3n) is 1.89. The monoisotopic (exact) mass is 182 g/mol. The Kier molecular flexibility index (Phi) is 3.83. The normalized spacial score (nSPS) is 12.8.